The Balaban J connectivity index is 2.76. The van der Waals surface area contributed by atoms with Crippen LogP contribution in [0, 0.1) is 11.3 Å². The highest BCUT2D eigenvalue weighted by atomic mass is 35.5. The average molecular weight is 267 g/mol. The Bertz CT molecular complexity index is 428. The van der Waals surface area contributed by atoms with E-state index in [4.69, 9.17) is 21.6 Å². The first-order valence-electron chi connectivity index (χ1n) is 6.17. The lowest BCUT2D eigenvalue weighted by Gasteiger charge is -2.16. The number of rotatable bonds is 6. The van der Waals surface area contributed by atoms with Gasteiger partial charge in [-0.1, -0.05) is 24.6 Å². The Morgan fingerprint density at radius 2 is 2.17 bits per heavy atom. The van der Waals surface area contributed by atoms with Crippen molar-refractivity contribution in [2.24, 2.45) is 0 Å². The number of halogens is 1. The summed E-state index contributed by atoms with van der Waals surface area (Å²) >= 11 is 6.15. The number of nitrogens with one attached hydrogen (secondary N) is 1. The fraction of sp³-hybridized carbons (Fsp3) is 0.500. The molecule has 1 rings (SSSR count). The lowest BCUT2D eigenvalue weighted by molar-refractivity contribution is 0.276. The van der Waals surface area contributed by atoms with E-state index in [1.807, 2.05) is 24.3 Å². The summed E-state index contributed by atoms with van der Waals surface area (Å²) in [5.41, 5.74) is 1.12. The van der Waals surface area contributed by atoms with Crippen LogP contribution in [0.3, 0.4) is 0 Å². The normalized spacial score (nSPS) is 13.7. The number of nitrogens with zero attached hydrogens (tertiary/aromatic N) is 1. The zero-order chi connectivity index (χ0) is 13.5. The van der Waals surface area contributed by atoms with Crippen molar-refractivity contribution in [2.75, 3.05) is 6.54 Å². The predicted octanol–water partition coefficient (Wildman–Crippen LogP) is 3.69. The molecule has 0 saturated heterocycles. The van der Waals surface area contributed by atoms with E-state index in [2.05, 4.69) is 19.2 Å². The van der Waals surface area contributed by atoms with Crippen molar-refractivity contribution in [3.63, 3.8) is 0 Å². The lowest BCUT2D eigenvalue weighted by Crippen LogP contribution is -2.19. The summed E-state index contributed by atoms with van der Waals surface area (Å²) in [7, 11) is 0. The molecule has 0 aliphatic rings. The Labute approximate surface area is 114 Å². The molecule has 0 bridgehead atoms. The van der Waals surface area contributed by atoms with Gasteiger partial charge in [0.05, 0.1) is 5.02 Å². The molecule has 0 aliphatic heterocycles. The highest BCUT2D eigenvalue weighted by Gasteiger charge is 2.10. The van der Waals surface area contributed by atoms with Gasteiger partial charge in [0.1, 0.15) is 11.8 Å². The van der Waals surface area contributed by atoms with Crippen molar-refractivity contribution in [1.29, 1.82) is 5.26 Å². The van der Waals surface area contributed by atoms with Crippen LogP contribution < -0.4 is 10.1 Å². The van der Waals surface area contributed by atoms with Crippen LogP contribution in [0.2, 0.25) is 5.02 Å². The molecule has 3 nitrogen and oxygen atoms in total. The smallest absolute Gasteiger partial charge is 0.181 e. The molecule has 2 unspecified atom stereocenters. The number of ether oxygens (including phenoxy) is 1. The topological polar surface area (TPSA) is 45.0 Å². The van der Waals surface area contributed by atoms with Crippen molar-refractivity contribution >= 4 is 11.6 Å². The first-order chi connectivity index (χ1) is 8.58. The molecular formula is C14H19ClN2O. The van der Waals surface area contributed by atoms with Crippen molar-refractivity contribution in [3.8, 4) is 11.8 Å². The van der Waals surface area contributed by atoms with Crippen LogP contribution in [0.5, 0.6) is 5.75 Å². The third kappa shape index (κ3) is 4.21. The van der Waals surface area contributed by atoms with Crippen LogP contribution in [0.15, 0.2) is 18.2 Å². The number of benzene rings is 1. The molecule has 0 saturated carbocycles. The molecule has 0 spiro atoms. The van der Waals surface area contributed by atoms with Crippen molar-refractivity contribution in [2.45, 2.75) is 39.3 Å². The minimum Gasteiger partial charge on any atom is -0.474 e. The number of hydrogen-bond acceptors (Lipinski definition) is 3. The molecule has 1 N–H and O–H groups in total. The molecule has 0 radical (unpaired) electrons. The summed E-state index contributed by atoms with van der Waals surface area (Å²) < 4.78 is 5.40. The molecule has 0 aliphatic carbocycles. The van der Waals surface area contributed by atoms with Crippen LogP contribution in [0.4, 0.5) is 0 Å². The zero-order valence-corrected chi connectivity index (χ0v) is 11.8. The van der Waals surface area contributed by atoms with Crippen LogP contribution >= 0.6 is 11.6 Å². The maximum atomic E-state index is 8.70. The van der Waals surface area contributed by atoms with Gasteiger partial charge in [0.25, 0.3) is 0 Å². The maximum Gasteiger partial charge on any atom is 0.181 e. The molecule has 0 fully saturated rings. The van der Waals surface area contributed by atoms with Crippen LogP contribution in [-0.2, 0) is 0 Å². The number of nitriles is 1. The van der Waals surface area contributed by atoms with E-state index in [1.165, 1.54) is 0 Å². The standard InChI is InChI=1S/C14H19ClN2O/c1-4-7-17-11(3)12-5-6-14(13(15)8-12)18-10(2)9-16/h5-6,8,10-11,17H,4,7H2,1-3H3. The van der Waals surface area contributed by atoms with Gasteiger partial charge >= 0.3 is 0 Å². The second kappa shape index (κ2) is 7.25. The maximum absolute atomic E-state index is 8.70. The van der Waals surface area contributed by atoms with Crippen LogP contribution in [0.25, 0.3) is 0 Å². The second-order valence-corrected chi connectivity index (χ2v) is 4.66. The fourth-order valence-corrected chi connectivity index (χ4v) is 1.81. The van der Waals surface area contributed by atoms with Gasteiger partial charge in [-0.3, -0.25) is 0 Å². The van der Waals surface area contributed by atoms with Gasteiger partial charge < -0.3 is 10.1 Å². The largest absolute Gasteiger partial charge is 0.474 e. The molecule has 0 heterocycles. The summed E-state index contributed by atoms with van der Waals surface area (Å²) in [5.74, 6) is 0.553. The van der Waals surface area contributed by atoms with Gasteiger partial charge in [0.2, 0.25) is 0 Å². The monoisotopic (exact) mass is 266 g/mol. The summed E-state index contributed by atoms with van der Waals surface area (Å²) in [6.07, 6.45) is 0.600. The molecule has 0 amide bonds. The second-order valence-electron chi connectivity index (χ2n) is 4.25. The van der Waals surface area contributed by atoms with Gasteiger partial charge in [-0.25, -0.2) is 0 Å². The minimum absolute atomic E-state index is 0.255. The van der Waals surface area contributed by atoms with E-state index < -0.39 is 6.10 Å². The quantitative estimate of drug-likeness (QED) is 0.854. The van der Waals surface area contributed by atoms with Crippen molar-refractivity contribution in [3.05, 3.63) is 28.8 Å². The van der Waals surface area contributed by atoms with E-state index in [0.717, 1.165) is 18.5 Å². The first kappa shape index (κ1) is 14.8. The molecule has 2 atom stereocenters. The van der Waals surface area contributed by atoms with Crippen LogP contribution in [-0.4, -0.2) is 12.6 Å². The third-order valence-corrected chi connectivity index (χ3v) is 2.94. The SMILES string of the molecule is CCCNC(C)c1ccc(OC(C)C#N)c(Cl)c1. The van der Waals surface area contributed by atoms with E-state index in [9.17, 15) is 0 Å². The predicted molar refractivity (Wildman–Crippen MR) is 73.9 cm³/mol. The molecule has 98 valence electrons. The molecular weight excluding hydrogens is 248 g/mol. The van der Waals surface area contributed by atoms with Gasteiger partial charge in [-0.05, 0) is 44.5 Å². The number of hydrogen-bond donors (Lipinski definition) is 1. The molecule has 18 heavy (non-hydrogen) atoms. The van der Waals surface area contributed by atoms with Gasteiger partial charge in [-0.15, -0.1) is 0 Å². The molecule has 1 aromatic rings. The summed E-state index contributed by atoms with van der Waals surface area (Å²) in [4.78, 5) is 0. The van der Waals surface area contributed by atoms with Gasteiger partial charge in [0, 0.05) is 6.04 Å². The van der Waals surface area contributed by atoms with Gasteiger partial charge in [0.15, 0.2) is 6.10 Å². The van der Waals surface area contributed by atoms with Crippen molar-refractivity contribution in [1.82, 2.24) is 5.32 Å². The van der Waals surface area contributed by atoms with Crippen LogP contribution in [0.1, 0.15) is 38.8 Å². The van der Waals surface area contributed by atoms with E-state index >= 15 is 0 Å². The Hall–Kier alpha value is -1.24. The van der Waals surface area contributed by atoms with E-state index in [0.29, 0.717) is 10.8 Å². The third-order valence-electron chi connectivity index (χ3n) is 2.64. The zero-order valence-electron chi connectivity index (χ0n) is 11.0. The fourth-order valence-electron chi connectivity index (χ4n) is 1.58. The molecule has 4 heteroatoms. The van der Waals surface area contributed by atoms with E-state index in [1.54, 1.807) is 6.92 Å². The summed E-state index contributed by atoms with van der Waals surface area (Å²) in [6.45, 7) is 6.89. The van der Waals surface area contributed by atoms with Gasteiger partial charge in [-0.2, -0.15) is 5.26 Å². The molecule has 1 aromatic carbocycles. The lowest BCUT2D eigenvalue weighted by atomic mass is 10.1. The highest BCUT2D eigenvalue weighted by molar-refractivity contribution is 6.32. The minimum atomic E-state index is -0.496. The highest BCUT2D eigenvalue weighted by Crippen LogP contribution is 2.28. The first-order valence-corrected chi connectivity index (χ1v) is 6.55. The Kier molecular flexibility index (Phi) is 5.97. The van der Waals surface area contributed by atoms with E-state index in [-0.39, 0.29) is 6.04 Å². The average Bonchev–Trinajstić information content (AvgIpc) is 2.38. The van der Waals surface area contributed by atoms with Crippen molar-refractivity contribution < 1.29 is 4.74 Å². The summed E-state index contributed by atoms with van der Waals surface area (Å²) in [5, 5.41) is 12.6. The Morgan fingerprint density at radius 3 is 2.72 bits per heavy atom. The molecule has 0 aromatic heterocycles. The summed E-state index contributed by atoms with van der Waals surface area (Å²) in [6, 6.07) is 7.94. The Morgan fingerprint density at radius 1 is 1.44 bits per heavy atom.